The number of hydrogen-bond donors (Lipinski definition) is 2. The Bertz CT molecular complexity index is 1150. The summed E-state index contributed by atoms with van der Waals surface area (Å²) in [5, 5.41) is 7.99. The molecule has 2 fully saturated rings. The Morgan fingerprint density at radius 2 is 2.05 bits per heavy atom. The van der Waals surface area contributed by atoms with Crippen LogP contribution in [0.3, 0.4) is 0 Å². The van der Waals surface area contributed by atoms with Gasteiger partial charge < -0.3 is 19.5 Å². The molecule has 37 heavy (non-hydrogen) atoms. The number of urea groups is 1. The molecule has 0 saturated carbocycles. The number of carbonyl (C=O) groups is 3. The summed E-state index contributed by atoms with van der Waals surface area (Å²) in [6.07, 6.45) is -4.97. The van der Waals surface area contributed by atoms with E-state index in [4.69, 9.17) is 9.26 Å². The SMILES string of the molecule is Cc1cc(CNC(=O)N2CCN(c3ccc(N4C[C@H](CCC(=O)C(F)F)OC4=O)cc3F)CCN2)no1. The van der Waals surface area contributed by atoms with Gasteiger partial charge in [-0.1, -0.05) is 5.16 Å². The van der Waals surface area contributed by atoms with Crippen LogP contribution in [0.4, 0.5) is 34.1 Å². The number of halogens is 3. The van der Waals surface area contributed by atoms with Crippen LogP contribution in [0.15, 0.2) is 28.8 Å². The average molecular weight is 525 g/mol. The van der Waals surface area contributed by atoms with Gasteiger partial charge in [-0.2, -0.15) is 0 Å². The van der Waals surface area contributed by atoms with Crippen molar-refractivity contribution in [3.05, 3.63) is 41.5 Å². The minimum atomic E-state index is -3.06. The van der Waals surface area contributed by atoms with Crippen LogP contribution in [-0.4, -0.2) is 73.3 Å². The lowest BCUT2D eigenvalue weighted by molar-refractivity contribution is -0.129. The molecule has 14 heteroatoms. The van der Waals surface area contributed by atoms with Crippen molar-refractivity contribution in [1.82, 2.24) is 20.9 Å². The minimum absolute atomic E-state index is 0.0275. The van der Waals surface area contributed by atoms with Gasteiger partial charge in [0.2, 0.25) is 0 Å². The fraction of sp³-hybridized carbons (Fsp3) is 0.478. The van der Waals surface area contributed by atoms with Crippen LogP contribution in [0.25, 0.3) is 0 Å². The summed E-state index contributed by atoms with van der Waals surface area (Å²) in [5.74, 6) is -1.14. The third kappa shape index (κ3) is 6.50. The molecule has 1 aromatic heterocycles. The second-order valence-corrected chi connectivity index (χ2v) is 8.69. The Kier molecular flexibility index (Phi) is 8.16. The summed E-state index contributed by atoms with van der Waals surface area (Å²) in [7, 11) is 0. The zero-order chi connectivity index (χ0) is 26.5. The Labute approximate surface area is 210 Å². The summed E-state index contributed by atoms with van der Waals surface area (Å²) in [5.41, 5.74) is 4.16. The van der Waals surface area contributed by atoms with Crippen LogP contribution in [0, 0.1) is 12.7 Å². The van der Waals surface area contributed by atoms with Gasteiger partial charge in [-0.15, -0.1) is 0 Å². The van der Waals surface area contributed by atoms with Gasteiger partial charge in [-0.3, -0.25) is 14.7 Å². The van der Waals surface area contributed by atoms with E-state index in [1.54, 1.807) is 24.0 Å². The molecule has 2 N–H and O–H groups in total. The molecule has 0 bridgehead atoms. The first-order valence-electron chi connectivity index (χ1n) is 11.8. The molecule has 2 aliphatic rings. The number of aromatic nitrogens is 1. The van der Waals surface area contributed by atoms with Gasteiger partial charge in [0.25, 0.3) is 6.43 Å². The van der Waals surface area contributed by atoms with Gasteiger partial charge in [0.15, 0.2) is 5.78 Å². The van der Waals surface area contributed by atoms with E-state index in [9.17, 15) is 23.2 Å². The fourth-order valence-electron chi connectivity index (χ4n) is 4.12. The Hall–Kier alpha value is -3.81. The molecule has 200 valence electrons. The maximum absolute atomic E-state index is 15.1. The molecule has 2 saturated heterocycles. The molecule has 1 atom stereocenters. The van der Waals surface area contributed by atoms with E-state index in [2.05, 4.69) is 15.9 Å². The first kappa shape index (κ1) is 26.3. The number of nitrogens with zero attached hydrogens (tertiary/aromatic N) is 4. The standard InChI is InChI=1S/C23H27F3N6O5/c1-14-10-15(29-37-14)12-27-22(34)32-9-8-30(7-6-28-32)19-4-2-16(11-18(19)24)31-13-17(36-23(31)35)3-5-20(33)21(25)26/h2,4,10-11,17,21,28H,3,5-9,12-13H2,1H3,(H,27,34)/t17-/m0/s1. The molecule has 0 spiro atoms. The minimum Gasteiger partial charge on any atom is -0.444 e. The van der Waals surface area contributed by atoms with Crippen molar-refractivity contribution in [2.75, 3.05) is 42.5 Å². The molecule has 4 rings (SSSR count). The lowest BCUT2D eigenvalue weighted by Gasteiger charge is -2.24. The molecule has 0 radical (unpaired) electrons. The predicted octanol–water partition coefficient (Wildman–Crippen LogP) is 2.60. The highest BCUT2D eigenvalue weighted by Crippen LogP contribution is 2.29. The molecular formula is C23H27F3N6O5. The first-order chi connectivity index (χ1) is 17.7. The number of amides is 3. The van der Waals surface area contributed by atoms with Crippen LogP contribution in [0.2, 0.25) is 0 Å². The molecule has 1 aromatic carbocycles. The summed E-state index contributed by atoms with van der Waals surface area (Å²) in [4.78, 5) is 38.9. The van der Waals surface area contributed by atoms with E-state index < -0.39 is 36.6 Å². The average Bonchev–Trinajstić information content (AvgIpc) is 3.36. The molecular weight excluding hydrogens is 497 g/mol. The quantitative estimate of drug-likeness (QED) is 0.541. The van der Waals surface area contributed by atoms with Crippen LogP contribution in [0.1, 0.15) is 24.3 Å². The fourth-order valence-corrected chi connectivity index (χ4v) is 4.12. The van der Waals surface area contributed by atoms with E-state index in [1.807, 2.05) is 0 Å². The molecule has 3 amide bonds. The number of Topliss-reactive ketones (excluding diaryl/α,β-unsaturated/α-hetero) is 1. The molecule has 0 unspecified atom stereocenters. The van der Waals surface area contributed by atoms with Gasteiger partial charge >= 0.3 is 12.1 Å². The number of carbonyl (C=O) groups excluding carboxylic acids is 3. The summed E-state index contributed by atoms with van der Waals surface area (Å²) < 4.78 is 50.0. The van der Waals surface area contributed by atoms with Crippen molar-refractivity contribution < 1.29 is 36.8 Å². The number of nitrogens with one attached hydrogen (secondary N) is 2. The lowest BCUT2D eigenvalue weighted by atomic mass is 10.1. The highest BCUT2D eigenvalue weighted by molar-refractivity contribution is 5.90. The van der Waals surface area contributed by atoms with E-state index in [-0.39, 0.29) is 37.8 Å². The third-order valence-corrected chi connectivity index (χ3v) is 6.03. The third-order valence-electron chi connectivity index (χ3n) is 6.03. The molecule has 0 aliphatic carbocycles. The molecule has 3 heterocycles. The summed E-state index contributed by atoms with van der Waals surface area (Å²) in [6, 6.07) is 5.67. The smallest absolute Gasteiger partial charge is 0.414 e. The summed E-state index contributed by atoms with van der Waals surface area (Å²) >= 11 is 0. The molecule has 2 aliphatic heterocycles. The van der Waals surface area contributed by atoms with Crippen molar-refractivity contribution in [1.29, 1.82) is 0 Å². The van der Waals surface area contributed by atoms with Crippen molar-refractivity contribution >= 4 is 29.3 Å². The number of cyclic esters (lactones) is 1. The number of aryl methyl sites for hydroxylation is 1. The number of anilines is 2. The van der Waals surface area contributed by atoms with Gasteiger partial charge in [-0.25, -0.2) is 28.2 Å². The van der Waals surface area contributed by atoms with Gasteiger partial charge in [-0.05, 0) is 31.5 Å². The summed E-state index contributed by atoms with van der Waals surface area (Å²) in [6.45, 7) is 3.43. The van der Waals surface area contributed by atoms with Crippen molar-refractivity contribution in [3.63, 3.8) is 0 Å². The second-order valence-electron chi connectivity index (χ2n) is 8.69. The maximum atomic E-state index is 15.1. The van der Waals surface area contributed by atoms with Gasteiger partial charge in [0, 0.05) is 32.1 Å². The van der Waals surface area contributed by atoms with E-state index >= 15 is 4.39 Å². The van der Waals surface area contributed by atoms with Crippen LogP contribution >= 0.6 is 0 Å². The topological polar surface area (TPSA) is 120 Å². The molecule has 2 aromatic rings. The largest absolute Gasteiger partial charge is 0.444 e. The van der Waals surface area contributed by atoms with E-state index in [0.29, 0.717) is 36.8 Å². The lowest BCUT2D eigenvalue weighted by Crippen LogP contribution is -2.48. The maximum Gasteiger partial charge on any atom is 0.414 e. The number of alkyl halides is 2. The number of benzene rings is 1. The molecule has 11 nitrogen and oxygen atoms in total. The van der Waals surface area contributed by atoms with Gasteiger partial charge in [0.05, 0.1) is 31.0 Å². The highest BCUT2D eigenvalue weighted by atomic mass is 19.3. The van der Waals surface area contributed by atoms with Crippen molar-refractivity contribution in [2.45, 2.75) is 38.8 Å². The highest BCUT2D eigenvalue weighted by Gasteiger charge is 2.33. The second kappa shape index (κ2) is 11.5. The van der Waals surface area contributed by atoms with E-state index in [1.165, 1.54) is 22.0 Å². The zero-order valence-electron chi connectivity index (χ0n) is 20.1. The predicted molar refractivity (Wildman–Crippen MR) is 125 cm³/mol. The Balaban J connectivity index is 1.32. The Morgan fingerprint density at radius 3 is 2.76 bits per heavy atom. The van der Waals surface area contributed by atoms with Crippen LogP contribution < -0.4 is 20.5 Å². The Morgan fingerprint density at radius 1 is 1.24 bits per heavy atom. The number of rotatable bonds is 8. The first-order valence-corrected chi connectivity index (χ1v) is 11.8. The van der Waals surface area contributed by atoms with Crippen molar-refractivity contribution in [2.24, 2.45) is 0 Å². The number of ether oxygens (including phenoxy) is 1. The van der Waals surface area contributed by atoms with Gasteiger partial charge in [0.1, 0.15) is 23.4 Å². The van der Waals surface area contributed by atoms with Crippen LogP contribution in [-0.2, 0) is 16.1 Å². The number of ketones is 1. The monoisotopic (exact) mass is 524 g/mol. The number of hydrogen-bond acceptors (Lipinski definition) is 8. The van der Waals surface area contributed by atoms with Crippen LogP contribution in [0.5, 0.6) is 0 Å². The van der Waals surface area contributed by atoms with Crippen molar-refractivity contribution in [3.8, 4) is 0 Å². The number of hydrazine groups is 1. The van der Waals surface area contributed by atoms with E-state index in [0.717, 1.165) is 0 Å². The zero-order valence-corrected chi connectivity index (χ0v) is 20.1. The normalized spacial score (nSPS) is 18.2.